The summed E-state index contributed by atoms with van der Waals surface area (Å²) in [6.45, 7) is 0. The predicted octanol–water partition coefficient (Wildman–Crippen LogP) is 3.83. The van der Waals surface area contributed by atoms with Gasteiger partial charge in [0.1, 0.15) is 0 Å². The molecule has 1 N–H and O–H groups in total. The van der Waals surface area contributed by atoms with E-state index >= 15 is 22.0 Å². The Hall–Kier alpha value is -3.19. The van der Waals surface area contributed by atoms with Crippen molar-refractivity contribution in [1.82, 2.24) is 0 Å². The third-order valence-electron chi connectivity index (χ3n) is 6.57. The van der Waals surface area contributed by atoms with Crippen molar-refractivity contribution in [3.63, 3.8) is 0 Å². The lowest BCUT2D eigenvalue weighted by molar-refractivity contribution is -0.00192. The fraction of sp³-hybridized carbons (Fsp3) is 0.167. The fourth-order valence-corrected chi connectivity index (χ4v) is 14.1. The van der Waals surface area contributed by atoms with Gasteiger partial charge in [0.15, 0.2) is 11.7 Å². The van der Waals surface area contributed by atoms with Crippen LogP contribution in [0.4, 0.5) is 22.0 Å². The Morgan fingerprint density at radius 2 is 0.905 bits per heavy atom. The molecule has 42 heavy (non-hydrogen) atoms. The van der Waals surface area contributed by atoms with E-state index in [0.717, 1.165) is 54.6 Å². The standard InChI is InChI=1S/C24H17F5O9S4/c25-19-20(26)22(28,39(30,31)16-10-4-1-5-11-16)24(29,41(34,35)18-14-8-3-9-15-18)23(21(19)27,42(36,37)38)40(32,33)17-12-6-2-7-13-17/h1-15,20H,(H,36,37,38). The minimum absolute atomic E-state index is 0.385. The molecule has 0 saturated carbocycles. The van der Waals surface area contributed by atoms with E-state index in [2.05, 4.69) is 0 Å². The molecule has 226 valence electrons. The lowest BCUT2D eigenvalue weighted by Gasteiger charge is -2.49. The van der Waals surface area contributed by atoms with E-state index in [4.69, 9.17) is 0 Å². The summed E-state index contributed by atoms with van der Waals surface area (Å²) in [5, 5.41) is -12.6. The van der Waals surface area contributed by atoms with Crippen molar-refractivity contribution in [2.75, 3.05) is 0 Å². The van der Waals surface area contributed by atoms with Crippen molar-refractivity contribution in [1.29, 1.82) is 0 Å². The monoisotopic (exact) mass is 672 g/mol. The van der Waals surface area contributed by atoms with E-state index in [-0.39, 0.29) is 0 Å². The topological polar surface area (TPSA) is 157 Å². The zero-order valence-electron chi connectivity index (χ0n) is 20.5. The van der Waals surface area contributed by atoms with Crippen molar-refractivity contribution in [2.24, 2.45) is 0 Å². The van der Waals surface area contributed by atoms with Crippen molar-refractivity contribution < 1.29 is 60.2 Å². The maximum Gasteiger partial charge on any atom is 0.309 e. The maximum atomic E-state index is 18.0. The van der Waals surface area contributed by atoms with Gasteiger partial charge in [0.05, 0.1) is 14.7 Å². The summed E-state index contributed by atoms with van der Waals surface area (Å²) in [4.78, 5) is -4.62. The Balaban J connectivity index is 2.43. The van der Waals surface area contributed by atoms with Crippen LogP contribution in [0.5, 0.6) is 0 Å². The van der Waals surface area contributed by atoms with Crippen LogP contribution in [-0.2, 0) is 39.6 Å². The zero-order valence-corrected chi connectivity index (χ0v) is 23.7. The summed E-state index contributed by atoms with van der Waals surface area (Å²) >= 11 is 0. The molecule has 9 nitrogen and oxygen atoms in total. The zero-order chi connectivity index (χ0) is 31.6. The van der Waals surface area contributed by atoms with Crippen LogP contribution in [0.1, 0.15) is 0 Å². The van der Waals surface area contributed by atoms with Gasteiger partial charge < -0.3 is 0 Å². The SMILES string of the molecule is O=S(=O)(O)C1(S(=O)(=O)c2ccccc2)C(F)=C(F)C(F)C(F)(S(=O)(=O)c2ccccc2)C1(F)S(=O)(=O)c1ccccc1. The summed E-state index contributed by atoms with van der Waals surface area (Å²) in [6.07, 6.45) is -4.83. The number of hydrogen-bond donors (Lipinski definition) is 1. The quantitative estimate of drug-likeness (QED) is 0.291. The van der Waals surface area contributed by atoms with Crippen molar-refractivity contribution in [3.8, 4) is 0 Å². The van der Waals surface area contributed by atoms with Crippen LogP contribution in [0.2, 0.25) is 0 Å². The van der Waals surface area contributed by atoms with Crippen LogP contribution in [0.3, 0.4) is 0 Å². The van der Waals surface area contributed by atoms with Crippen LogP contribution >= 0.6 is 0 Å². The summed E-state index contributed by atoms with van der Waals surface area (Å²) in [6, 6.07) is 10.6. The predicted molar refractivity (Wildman–Crippen MR) is 137 cm³/mol. The smallest absolute Gasteiger partial charge is 0.284 e. The molecule has 3 aromatic carbocycles. The third kappa shape index (κ3) is 3.71. The summed E-state index contributed by atoms with van der Waals surface area (Å²) in [7, 11) is -27.9. The highest BCUT2D eigenvalue weighted by molar-refractivity contribution is 8.10. The van der Waals surface area contributed by atoms with Gasteiger partial charge >= 0.3 is 14.1 Å². The highest BCUT2D eigenvalue weighted by atomic mass is 32.3. The normalized spacial score (nSPS) is 27.5. The minimum Gasteiger partial charge on any atom is -0.284 e. The van der Waals surface area contributed by atoms with E-state index in [1.54, 1.807) is 0 Å². The molecule has 0 fully saturated rings. The van der Waals surface area contributed by atoms with Crippen LogP contribution in [-0.4, -0.2) is 58.5 Å². The summed E-state index contributed by atoms with van der Waals surface area (Å²) in [5.74, 6) is -7.11. The lowest BCUT2D eigenvalue weighted by atomic mass is 9.97. The van der Waals surface area contributed by atoms with Gasteiger partial charge in [0.2, 0.25) is 35.7 Å². The van der Waals surface area contributed by atoms with Crippen LogP contribution in [0.15, 0.2) is 117 Å². The highest BCUT2D eigenvalue weighted by Crippen LogP contribution is 2.65. The second-order valence-corrected chi connectivity index (χ2v) is 16.8. The van der Waals surface area contributed by atoms with Gasteiger partial charge in [0, 0.05) is 0 Å². The molecule has 0 aromatic heterocycles. The fourth-order valence-electron chi connectivity index (χ4n) is 4.64. The van der Waals surface area contributed by atoms with Crippen molar-refractivity contribution in [3.05, 3.63) is 103 Å². The molecular weight excluding hydrogens is 656 g/mol. The largest absolute Gasteiger partial charge is 0.309 e. The Morgan fingerprint density at radius 1 is 0.571 bits per heavy atom. The molecule has 0 aliphatic heterocycles. The second-order valence-electron chi connectivity index (χ2n) is 8.81. The van der Waals surface area contributed by atoms with Gasteiger partial charge in [-0.05, 0) is 36.4 Å². The number of alkyl halides is 3. The summed E-state index contributed by atoms with van der Waals surface area (Å²) in [5.41, 5.74) is 0. The maximum absolute atomic E-state index is 18.0. The molecule has 18 heteroatoms. The number of allylic oxidation sites excluding steroid dienone is 1. The number of halogens is 5. The van der Waals surface area contributed by atoms with Gasteiger partial charge in [-0.3, -0.25) is 4.55 Å². The molecule has 0 amide bonds. The number of sulfone groups is 3. The Bertz CT molecular complexity index is 2010. The third-order valence-corrected chi connectivity index (χ3v) is 15.9. The lowest BCUT2D eigenvalue weighted by Crippen LogP contribution is -2.79. The van der Waals surface area contributed by atoms with Crippen LogP contribution in [0.25, 0.3) is 0 Å². The van der Waals surface area contributed by atoms with Crippen LogP contribution in [0, 0.1) is 0 Å². The van der Waals surface area contributed by atoms with Gasteiger partial charge in [-0.15, -0.1) is 0 Å². The summed E-state index contributed by atoms with van der Waals surface area (Å²) < 4.78 is 196. The molecule has 0 radical (unpaired) electrons. The van der Waals surface area contributed by atoms with Crippen LogP contribution < -0.4 is 0 Å². The molecule has 3 aromatic rings. The van der Waals surface area contributed by atoms with E-state index in [1.807, 2.05) is 0 Å². The Labute approximate surface area is 236 Å². The molecule has 1 aliphatic carbocycles. The molecular formula is C24H17F5O9S4. The molecule has 0 saturated heterocycles. The van der Waals surface area contributed by atoms with Gasteiger partial charge in [-0.1, -0.05) is 54.6 Å². The van der Waals surface area contributed by atoms with E-state index in [9.17, 15) is 38.2 Å². The second kappa shape index (κ2) is 9.94. The van der Waals surface area contributed by atoms with E-state index in [0.29, 0.717) is 36.4 Å². The molecule has 0 heterocycles. The molecule has 4 rings (SSSR count). The van der Waals surface area contributed by atoms with Gasteiger partial charge in [0.25, 0.3) is 10.1 Å². The number of rotatable bonds is 7. The molecule has 0 spiro atoms. The molecule has 4 atom stereocenters. The molecule has 4 unspecified atom stereocenters. The number of hydrogen-bond acceptors (Lipinski definition) is 8. The average molecular weight is 673 g/mol. The van der Waals surface area contributed by atoms with Crippen molar-refractivity contribution >= 4 is 39.6 Å². The van der Waals surface area contributed by atoms with Gasteiger partial charge in [-0.25, -0.2) is 47.2 Å². The first kappa shape index (κ1) is 31.7. The minimum atomic E-state index is -7.40. The first-order valence-corrected chi connectivity index (χ1v) is 17.1. The molecule has 0 bridgehead atoms. The first-order chi connectivity index (χ1) is 19.3. The number of benzene rings is 3. The van der Waals surface area contributed by atoms with E-state index in [1.165, 1.54) is 0 Å². The van der Waals surface area contributed by atoms with E-state index < -0.39 is 86.2 Å². The first-order valence-electron chi connectivity index (χ1n) is 11.2. The Kier molecular flexibility index (Phi) is 7.51. The highest BCUT2D eigenvalue weighted by Gasteiger charge is 2.93. The molecule has 1 aliphatic rings. The Morgan fingerprint density at radius 3 is 1.26 bits per heavy atom. The van der Waals surface area contributed by atoms with Crippen molar-refractivity contribution in [2.45, 2.75) is 34.9 Å². The van der Waals surface area contributed by atoms with Gasteiger partial charge in [-0.2, -0.15) is 8.42 Å². The average Bonchev–Trinajstić information content (AvgIpc) is 2.95.